The highest BCUT2D eigenvalue weighted by atomic mass is 35.5. The second-order valence-electron chi connectivity index (χ2n) is 6.82. The van der Waals surface area contributed by atoms with Crippen LogP contribution in [-0.2, 0) is 11.3 Å². The summed E-state index contributed by atoms with van der Waals surface area (Å²) >= 11 is 12.5. The van der Waals surface area contributed by atoms with Gasteiger partial charge in [-0.3, -0.25) is 9.69 Å². The predicted octanol–water partition coefficient (Wildman–Crippen LogP) is 5.71. The van der Waals surface area contributed by atoms with E-state index in [1.165, 1.54) is 28.8 Å². The number of halogens is 1. The number of methoxy groups -OCH3 is 1. The van der Waals surface area contributed by atoms with Crippen LogP contribution in [0.1, 0.15) is 21.7 Å². The zero-order chi connectivity index (χ0) is 22.8. The molecule has 3 aromatic rings. The number of thioether (sulfide) groups is 1. The molecule has 6 nitrogen and oxygen atoms in total. The Labute approximate surface area is 198 Å². The maximum Gasteiger partial charge on any atom is 0.337 e. The SMILES string of the molecule is COc1ccc(CN2C(=O)/C(=C/c3ccc(-c4ccc(Cl)c(C(=O)O)c4)o3)SC2=S)cc1. The molecule has 4 rings (SSSR count). The van der Waals surface area contributed by atoms with Gasteiger partial charge in [-0.05, 0) is 48.0 Å². The summed E-state index contributed by atoms with van der Waals surface area (Å²) in [6.07, 6.45) is 1.63. The molecule has 1 saturated heterocycles. The van der Waals surface area contributed by atoms with Crippen LogP contribution in [0.25, 0.3) is 17.4 Å². The van der Waals surface area contributed by atoms with E-state index >= 15 is 0 Å². The third-order valence-electron chi connectivity index (χ3n) is 4.75. The van der Waals surface area contributed by atoms with Gasteiger partial charge in [0.15, 0.2) is 0 Å². The molecular formula is C23H16ClNO5S2. The molecule has 0 bridgehead atoms. The molecule has 0 aliphatic carbocycles. The standard InChI is InChI=1S/C23H16ClNO5S2/c1-29-15-5-2-13(3-6-15)12-25-21(26)20(32-23(25)31)11-16-7-9-19(30-16)14-4-8-18(24)17(10-14)22(27)28/h2-11H,12H2,1H3,(H,27,28)/b20-11-. The number of hydrogen-bond donors (Lipinski definition) is 1. The van der Waals surface area contributed by atoms with Crippen molar-refractivity contribution in [3.05, 3.63) is 81.4 Å². The van der Waals surface area contributed by atoms with Crippen LogP contribution in [-0.4, -0.2) is 33.3 Å². The van der Waals surface area contributed by atoms with Gasteiger partial charge >= 0.3 is 5.97 Å². The van der Waals surface area contributed by atoms with Crippen molar-refractivity contribution in [3.63, 3.8) is 0 Å². The highest BCUT2D eigenvalue weighted by Gasteiger charge is 2.32. The number of ether oxygens (including phenoxy) is 1. The van der Waals surface area contributed by atoms with Crippen LogP contribution in [0.5, 0.6) is 5.75 Å². The van der Waals surface area contributed by atoms with E-state index in [2.05, 4.69) is 0 Å². The maximum atomic E-state index is 12.9. The Balaban J connectivity index is 1.53. The van der Waals surface area contributed by atoms with Crippen LogP contribution in [0.2, 0.25) is 5.02 Å². The molecule has 1 N–H and O–H groups in total. The first-order valence-electron chi connectivity index (χ1n) is 9.37. The molecule has 162 valence electrons. The minimum absolute atomic E-state index is 0.0125. The number of amides is 1. The molecule has 0 spiro atoms. The number of carbonyl (C=O) groups is 2. The van der Waals surface area contributed by atoms with E-state index in [4.69, 9.17) is 33.0 Å². The summed E-state index contributed by atoms with van der Waals surface area (Å²) in [4.78, 5) is 26.2. The van der Waals surface area contributed by atoms with E-state index in [9.17, 15) is 14.7 Å². The minimum atomic E-state index is -1.12. The van der Waals surface area contributed by atoms with Gasteiger partial charge in [-0.15, -0.1) is 0 Å². The van der Waals surface area contributed by atoms with Crippen molar-refractivity contribution in [3.8, 4) is 17.1 Å². The first-order chi connectivity index (χ1) is 15.4. The summed E-state index contributed by atoms with van der Waals surface area (Å²) in [5, 5.41) is 9.40. The molecule has 2 aromatic carbocycles. The molecule has 1 aliphatic rings. The van der Waals surface area contributed by atoms with Crippen molar-refractivity contribution >= 4 is 57.9 Å². The molecule has 1 aliphatic heterocycles. The number of rotatable bonds is 6. The molecule has 2 heterocycles. The third-order valence-corrected chi connectivity index (χ3v) is 6.46. The summed E-state index contributed by atoms with van der Waals surface area (Å²) in [7, 11) is 1.60. The number of nitrogens with zero attached hydrogens (tertiary/aromatic N) is 1. The Hall–Kier alpha value is -3.07. The number of thiocarbonyl (C=S) groups is 1. The zero-order valence-electron chi connectivity index (χ0n) is 16.7. The number of furan rings is 1. The Morgan fingerprint density at radius 1 is 1.22 bits per heavy atom. The highest BCUT2D eigenvalue weighted by Crippen LogP contribution is 2.35. The van der Waals surface area contributed by atoms with Crippen LogP contribution in [0, 0.1) is 0 Å². The van der Waals surface area contributed by atoms with Gasteiger partial charge in [0.2, 0.25) is 0 Å². The smallest absolute Gasteiger partial charge is 0.337 e. The molecule has 9 heteroatoms. The molecular weight excluding hydrogens is 470 g/mol. The summed E-state index contributed by atoms with van der Waals surface area (Å²) in [6.45, 7) is 0.359. The first kappa shape index (κ1) is 22.1. The van der Waals surface area contributed by atoms with Crippen LogP contribution in [0.15, 0.2) is 63.9 Å². The van der Waals surface area contributed by atoms with Crippen LogP contribution in [0.4, 0.5) is 0 Å². The van der Waals surface area contributed by atoms with Crippen molar-refractivity contribution in [2.24, 2.45) is 0 Å². The maximum absolute atomic E-state index is 12.9. The highest BCUT2D eigenvalue weighted by molar-refractivity contribution is 8.26. The largest absolute Gasteiger partial charge is 0.497 e. The molecule has 32 heavy (non-hydrogen) atoms. The number of carboxylic acids is 1. The van der Waals surface area contributed by atoms with Crippen molar-refractivity contribution in [2.75, 3.05) is 7.11 Å². The van der Waals surface area contributed by atoms with Gasteiger partial charge < -0.3 is 14.3 Å². The zero-order valence-corrected chi connectivity index (χ0v) is 19.1. The van der Waals surface area contributed by atoms with Crippen molar-refractivity contribution in [1.29, 1.82) is 0 Å². The lowest BCUT2D eigenvalue weighted by Crippen LogP contribution is -2.27. The fourth-order valence-electron chi connectivity index (χ4n) is 3.11. The van der Waals surface area contributed by atoms with Gasteiger partial charge in [0.25, 0.3) is 5.91 Å². The second-order valence-corrected chi connectivity index (χ2v) is 8.90. The summed E-state index contributed by atoms with van der Waals surface area (Å²) in [5.74, 6) is 0.335. The summed E-state index contributed by atoms with van der Waals surface area (Å²) in [6, 6.07) is 15.5. The van der Waals surface area contributed by atoms with Gasteiger partial charge in [-0.1, -0.05) is 47.7 Å². The molecule has 0 saturated carbocycles. The van der Waals surface area contributed by atoms with Gasteiger partial charge in [0, 0.05) is 11.6 Å². The molecule has 1 amide bonds. The molecule has 0 radical (unpaired) electrons. The van der Waals surface area contributed by atoms with E-state index in [1.807, 2.05) is 24.3 Å². The normalized spacial score (nSPS) is 14.9. The van der Waals surface area contributed by atoms with Gasteiger partial charge in [-0.2, -0.15) is 0 Å². The topological polar surface area (TPSA) is 80.0 Å². The Kier molecular flexibility index (Phi) is 6.36. The van der Waals surface area contributed by atoms with Crippen LogP contribution in [0.3, 0.4) is 0 Å². The Bertz CT molecular complexity index is 1250. The number of benzene rings is 2. The van der Waals surface area contributed by atoms with E-state index in [0.29, 0.717) is 32.9 Å². The molecule has 1 fully saturated rings. The lowest BCUT2D eigenvalue weighted by atomic mass is 10.1. The van der Waals surface area contributed by atoms with Crippen LogP contribution < -0.4 is 4.74 Å². The Morgan fingerprint density at radius 2 is 1.97 bits per heavy atom. The van der Waals surface area contributed by atoms with Gasteiger partial charge in [0.1, 0.15) is 21.6 Å². The minimum Gasteiger partial charge on any atom is -0.497 e. The first-order valence-corrected chi connectivity index (χ1v) is 11.0. The van der Waals surface area contributed by atoms with Gasteiger partial charge in [0.05, 0.1) is 29.1 Å². The Morgan fingerprint density at radius 3 is 2.66 bits per heavy atom. The quantitative estimate of drug-likeness (QED) is 0.354. The lowest BCUT2D eigenvalue weighted by molar-refractivity contribution is -0.122. The fraction of sp³-hybridized carbons (Fsp3) is 0.0870. The number of aromatic carboxylic acids is 1. The average molecular weight is 486 g/mol. The van der Waals surface area contributed by atoms with E-state index in [-0.39, 0.29) is 16.5 Å². The number of carboxylic acid groups (broad SMARTS) is 1. The second kappa shape index (κ2) is 9.20. The number of hydrogen-bond acceptors (Lipinski definition) is 6. The van der Waals surface area contributed by atoms with E-state index in [0.717, 1.165) is 11.3 Å². The van der Waals surface area contributed by atoms with Crippen molar-refractivity contribution in [2.45, 2.75) is 6.54 Å². The van der Waals surface area contributed by atoms with E-state index in [1.54, 1.807) is 31.4 Å². The fourth-order valence-corrected chi connectivity index (χ4v) is 4.54. The molecule has 0 atom stereocenters. The van der Waals surface area contributed by atoms with Crippen molar-refractivity contribution < 1.29 is 23.8 Å². The van der Waals surface area contributed by atoms with Gasteiger partial charge in [-0.25, -0.2) is 4.79 Å². The lowest BCUT2D eigenvalue weighted by Gasteiger charge is -2.14. The molecule has 0 unspecified atom stereocenters. The predicted molar refractivity (Wildman–Crippen MR) is 128 cm³/mol. The average Bonchev–Trinajstić information content (AvgIpc) is 3.35. The number of carbonyl (C=O) groups excluding carboxylic acids is 1. The van der Waals surface area contributed by atoms with Crippen molar-refractivity contribution in [1.82, 2.24) is 4.90 Å². The van der Waals surface area contributed by atoms with E-state index < -0.39 is 5.97 Å². The third kappa shape index (κ3) is 4.57. The summed E-state index contributed by atoms with van der Waals surface area (Å²) < 4.78 is 11.4. The molecule has 1 aromatic heterocycles. The van der Waals surface area contributed by atoms with Crippen LogP contribution >= 0.6 is 35.6 Å². The summed E-state index contributed by atoms with van der Waals surface area (Å²) in [5.41, 5.74) is 1.49. The monoisotopic (exact) mass is 485 g/mol.